The maximum atomic E-state index is 12.6. The third-order valence-corrected chi connectivity index (χ3v) is 4.12. The SMILES string of the molecule is COc1c([N+](=O)[O-])c(C=O)c(OC)c2oc(C(=O)N3CCOCC3)cc12. The molecule has 0 unspecified atom stereocenters. The standard InChI is InChI=1S/C16H16N2O8/c1-23-13-9-7-11(16(20)17-3-5-25-6-4-17)26-15(9)14(24-2)10(8-19)12(13)18(21)22/h7-8H,3-6H2,1-2H3. The van der Waals surface area contributed by atoms with E-state index in [4.69, 9.17) is 18.6 Å². The number of fused-ring (bicyclic) bond motifs is 1. The Morgan fingerprint density at radius 1 is 1.27 bits per heavy atom. The average molecular weight is 364 g/mol. The average Bonchev–Trinajstić information content (AvgIpc) is 3.10. The van der Waals surface area contributed by atoms with E-state index in [1.807, 2.05) is 0 Å². The number of benzene rings is 1. The van der Waals surface area contributed by atoms with Gasteiger partial charge in [0.25, 0.3) is 5.91 Å². The minimum absolute atomic E-state index is 0.0316. The van der Waals surface area contributed by atoms with Crippen LogP contribution in [-0.2, 0) is 4.74 Å². The molecule has 3 rings (SSSR count). The first kappa shape index (κ1) is 17.7. The molecule has 138 valence electrons. The smallest absolute Gasteiger partial charge is 0.326 e. The van der Waals surface area contributed by atoms with E-state index in [-0.39, 0.29) is 39.7 Å². The van der Waals surface area contributed by atoms with Gasteiger partial charge < -0.3 is 23.5 Å². The van der Waals surface area contributed by atoms with Gasteiger partial charge >= 0.3 is 5.69 Å². The summed E-state index contributed by atoms with van der Waals surface area (Å²) in [6.07, 6.45) is 0.297. The number of methoxy groups -OCH3 is 2. The zero-order chi connectivity index (χ0) is 18.8. The number of hydrogen-bond acceptors (Lipinski definition) is 8. The van der Waals surface area contributed by atoms with Crippen molar-refractivity contribution in [3.05, 3.63) is 27.5 Å². The second kappa shape index (κ2) is 7.00. The third kappa shape index (κ3) is 2.73. The molecule has 1 amide bonds. The number of morpholine rings is 1. The van der Waals surface area contributed by atoms with Crippen LogP contribution >= 0.6 is 0 Å². The summed E-state index contributed by atoms with van der Waals surface area (Å²) in [6.45, 7) is 1.65. The van der Waals surface area contributed by atoms with Gasteiger partial charge in [0.05, 0.1) is 37.7 Å². The van der Waals surface area contributed by atoms with E-state index in [0.29, 0.717) is 32.6 Å². The van der Waals surface area contributed by atoms with Gasteiger partial charge in [0, 0.05) is 19.2 Å². The third-order valence-electron chi connectivity index (χ3n) is 4.12. The van der Waals surface area contributed by atoms with Crippen molar-refractivity contribution in [2.75, 3.05) is 40.5 Å². The zero-order valence-electron chi connectivity index (χ0n) is 14.1. The predicted octanol–water partition coefficient (Wildman–Crippen LogP) is 1.64. The molecule has 1 aliphatic rings. The maximum Gasteiger partial charge on any atom is 0.326 e. The van der Waals surface area contributed by atoms with Gasteiger partial charge in [-0.15, -0.1) is 0 Å². The fourth-order valence-electron chi connectivity index (χ4n) is 2.94. The number of hydrogen-bond donors (Lipinski definition) is 0. The molecule has 10 nitrogen and oxygen atoms in total. The Morgan fingerprint density at radius 3 is 2.46 bits per heavy atom. The fraction of sp³-hybridized carbons (Fsp3) is 0.375. The van der Waals surface area contributed by atoms with Crippen molar-refractivity contribution in [3.63, 3.8) is 0 Å². The Kier molecular flexibility index (Phi) is 4.76. The van der Waals surface area contributed by atoms with Crippen LogP contribution in [0, 0.1) is 10.1 Å². The molecule has 1 saturated heterocycles. The maximum absolute atomic E-state index is 12.6. The zero-order valence-corrected chi connectivity index (χ0v) is 14.1. The van der Waals surface area contributed by atoms with Gasteiger partial charge in [0.1, 0.15) is 5.56 Å². The summed E-state index contributed by atoms with van der Waals surface area (Å²) in [6, 6.07) is 1.36. The molecule has 1 aromatic heterocycles. The molecule has 1 aromatic carbocycles. The number of aldehydes is 1. The normalized spacial score (nSPS) is 14.3. The van der Waals surface area contributed by atoms with E-state index < -0.39 is 10.6 Å². The van der Waals surface area contributed by atoms with Crippen LogP contribution in [0.2, 0.25) is 0 Å². The van der Waals surface area contributed by atoms with E-state index >= 15 is 0 Å². The first-order valence-corrected chi connectivity index (χ1v) is 7.71. The summed E-state index contributed by atoms with van der Waals surface area (Å²) in [4.78, 5) is 36.3. The molecule has 10 heteroatoms. The highest BCUT2D eigenvalue weighted by Crippen LogP contribution is 2.46. The second-order valence-corrected chi connectivity index (χ2v) is 5.46. The summed E-state index contributed by atoms with van der Waals surface area (Å²) < 4.78 is 21.1. The summed E-state index contributed by atoms with van der Waals surface area (Å²) in [5.74, 6) is -0.707. The minimum atomic E-state index is -0.735. The molecule has 1 fully saturated rings. The Bertz CT molecular complexity index is 882. The topological polar surface area (TPSA) is 121 Å². The van der Waals surface area contributed by atoms with Crippen LogP contribution in [0.15, 0.2) is 10.5 Å². The molecule has 0 aliphatic carbocycles. The highest BCUT2D eigenvalue weighted by atomic mass is 16.6. The van der Waals surface area contributed by atoms with Crippen molar-refractivity contribution >= 4 is 28.8 Å². The van der Waals surface area contributed by atoms with Crippen LogP contribution in [0.25, 0.3) is 11.0 Å². The number of rotatable bonds is 5. The lowest BCUT2D eigenvalue weighted by Crippen LogP contribution is -2.40. The fourth-order valence-corrected chi connectivity index (χ4v) is 2.94. The molecular formula is C16H16N2O8. The number of carbonyl (C=O) groups excluding carboxylic acids is 2. The molecule has 1 aliphatic heterocycles. The number of ether oxygens (including phenoxy) is 3. The molecule has 0 bridgehead atoms. The van der Waals surface area contributed by atoms with E-state index in [2.05, 4.69) is 0 Å². The largest absolute Gasteiger partial charge is 0.492 e. The van der Waals surface area contributed by atoms with E-state index in [1.165, 1.54) is 20.3 Å². The molecule has 0 saturated carbocycles. The van der Waals surface area contributed by atoms with Crippen LogP contribution in [0.1, 0.15) is 20.9 Å². The van der Waals surface area contributed by atoms with Crippen LogP contribution in [-0.4, -0.2) is 62.5 Å². The number of nitro benzene ring substituents is 1. The first-order chi connectivity index (χ1) is 12.5. The number of carbonyl (C=O) groups is 2. The Labute approximate surface area is 147 Å². The van der Waals surface area contributed by atoms with E-state index in [1.54, 1.807) is 4.90 Å². The Hall–Kier alpha value is -3.14. The second-order valence-electron chi connectivity index (χ2n) is 5.46. The van der Waals surface area contributed by atoms with Gasteiger partial charge in [-0.2, -0.15) is 0 Å². The summed E-state index contributed by atoms with van der Waals surface area (Å²) in [5, 5.41) is 11.6. The first-order valence-electron chi connectivity index (χ1n) is 7.71. The van der Waals surface area contributed by atoms with Gasteiger partial charge in [-0.05, 0) is 0 Å². The number of nitro groups is 1. The van der Waals surface area contributed by atoms with Gasteiger partial charge in [-0.1, -0.05) is 0 Å². The van der Waals surface area contributed by atoms with E-state index in [9.17, 15) is 19.7 Å². The van der Waals surface area contributed by atoms with Gasteiger partial charge in [0.2, 0.25) is 5.75 Å². The highest BCUT2D eigenvalue weighted by Gasteiger charge is 2.33. The van der Waals surface area contributed by atoms with Gasteiger partial charge in [0.15, 0.2) is 23.4 Å². The molecule has 0 atom stereocenters. The molecular weight excluding hydrogens is 348 g/mol. The van der Waals surface area contributed by atoms with Gasteiger partial charge in [-0.25, -0.2) is 0 Å². The molecule has 2 heterocycles. The summed E-state index contributed by atoms with van der Waals surface area (Å²) in [7, 11) is 2.49. The number of furan rings is 1. The lowest BCUT2D eigenvalue weighted by Gasteiger charge is -2.25. The van der Waals surface area contributed by atoms with Crippen LogP contribution in [0.5, 0.6) is 11.5 Å². The van der Waals surface area contributed by atoms with Crippen molar-refractivity contribution in [3.8, 4) is 11.5 Å². The molecule has 0 radical (unpaired) electrons. The van der Waals surface area contributed by atoms with Crippen LogP contribution in [0.3, 0.4) is 0 Å². The lowest BCUT2D eigenvalue weighted by atomic mass is 10.1. The predicted molar refractivity (Wildman–Crippen MR) is 88.1 cm³/mol. The monoisotopic (exact) mass is 364 g/mol. The molecule has 0 N–H and O–H groups in total. The lowest BCUT2D eigenvalue weighted by molar-refractivity contribution is -0.385. The van der Waals surface area contributed by atoms with Crippen LogP contribution in [0.4, 0.5) is 5.69 Å². The quantitative estimate of drug-likeness (QED) is 0.446. The molecule has 0 spiro atoms. The van der Waals surface area contributed by atoms with Crippen molar-refractivity contribution in [2.24, 2.45) is 0 Å². The number of nitrogens with zero attached hydrogens (tertiary/aromatic N) is 2. The van der Waals surface area contributed by atoms with Crippen molar-refractivity contribution in [1.29, 1.82) is 0 Å². The highest BCUT2D eigenvalue weighted by molar-refractivity contribution is 6.06. The van der Waals surface area contributed by atoms with E-state index in [0.717, 1.165) is 0 Å². The van der Waals surface area contributed by atoms with Crippen molar-refractivity contribution in [2.45, 2.75) is 0 Å². The molecule has 26 heavy (non-hydrogen) atoms. The molecule has 2 aromatic rings. The summed E-state index contributed by atoms with van der Waals surface area (Å²) >= 11 is 0. The Morgan fingerprint density at radius 2 is 1.92 bits per heavy atom. The minimum Gasteiger partial charge on any atom is -0.492 e. The Balaban J connectivity index is 2.23. The van der Waals surface area contributed by atoms with Gasteiger partial charge in [-0.3, -0.25) is 19.7 Å². The number of amides is 1. The van der Waals surface area contributed by atoms with Crippen molar-refractivity contribution in [1.82, 2.24) is 4.90 Å². The summed E-state index contributed by atoms with van der Waals surface area (Å²) in [5.41, 5.74) is -0.826. The van der Waals surface area contributed by atoms with Crippen molar-refractivity contribution < 1.29 is 33.1 Å². The van der Waals surface area contributed by atoms with Crippen LogP contribution < -0.4 is 9.47 Å².